The molecule has 0 amide bonds. The molecule has 1 atom stereocenters. The van der Waals surface area contributed by atoms with Gasteiger partial charge in [-0.15, -0.1) is 0 Å². The molecule has 4 heterocycles. The van der Waals surface area contributed by atoms with Crippen molar-refractivity contribution in [2.45, 2.75) is 42.2 Å². The molecule has 0 spiro atoms. The minimum atomic E-state index is -1.05. The average Bonchev–Trinajstić information content (AvgIpc) is 3.06. The van der Waals surface area contributed by atoms with Crippen LogP contribution in [-0.2, 0) is 17.8 Å². The molecule has 0 saturated heterocycles. The minimum Gasteiger partial charge on any atom is -0.488 e. The van der Waals surface area contributed by atoms with Crippen molar-refractivity contribution in [3.05, 3.63) is 41.1 Å². The Morgan fingerprint density at radius 1 is 1.21 bits per heavy atom. The van der Waals surface area contributed by atoms with E-state index in [4.69, 9.17) is 4.74 Å². The van der Waals surface area contributed by atoms with Crippen LogP contribution < -0.4 is 15.3 Å². The highest BCUT2D eigenvalue weighted by Gasteiger charge is 2.26. The molecule has 5 rings (SSSR count). The lowest BCUT2D eigenvalue weighted by Crippen LogP contribution is -2.30. The molecule has 9 heteroatoms. The summed E-state index contributed by atoms with van der Waals surface area (Å²) in [5, 5.41) is 4.48. The monoisotopic (exact) mass is 413 g/mol. The highest BCUT2D eigenvalue weighted by Crippen LogP contribution is 2.37. The highest BCUT2D eigenvalue weighted by atomic mass is 32.2. The zero-order valence-corrected chi connectivity index (χ0v) is 17.1. The molecular weight excluding hydrogens is 390 g/mol. The fraction of sp³-hybridized carbons (Fsp3) is 0.450. The second-order valence-corrected chi connectivity index (χ2v) is 9.30. The van der Waals surface area contributed by atoms with Crippen molar-refractivity contribution < 1.29 is 8.95 Å². The van der Waals surface area contributed by atoms with Gasteiger partial charge in [0.25, 0.3) is 0 Å². The number of pyridine rings is 2. The Kier molecular flexibility index (Phi) is 4.61. The summed E-state index contributed by atoms with van der Waals surface area (Å²) < 4.78 is 21.7. The number of nitrogens with zero attached hydrogens (tertiary/aromatic N) is 5. The van der Waals surface area contributed by atoms with Crippen LogP contribution >= 0.6 is 0 Å². The largest absolute Gasteiger partial charge is 0.488 e. The summed E-state index contributed by atoms with van der Waals surface area (Å²) in [7, 11) is 0.580. The lowest BCUT2D eigenvalue weighted by atomic mass is 10.0. The molecule has 0 N–H and O–H groups in total. The van der Waals surface area contributed by atoms with E-state index in [2.05, 4.69) is 10.1 Å². The quantitative estimate of drug-likeness (QED) is 0.656. The van der Waals surface area contributed by atoms with Gasteiger partial charge in [0, 0.05) is 42.5 Å². The first kappa shape index (κ1) is 18.4. The van der Waals surface area contributed by atoms with Gasteiger partial charge >= 0.3 is 5.69 Å². The topological polar surface area (TPSA) is 81.7 Å². The van der Waals surface area contributed by atoms with Crippen LogP contribution in [0, 0.1) is 0 Å². The van der Waals surface area contributed by atoms with E-state index in [0.717, 1.165) is 36.3 Å². The van der Waals surface area contributed by atoms with Gasteiger partial charge in [-0.3, -0.25) is 8.61 Å². The molecule has 3 aromatic rings. The van der Waals surface area contributed by atoms with E-state index in [1.54, 1.807) is 19.4 Å². The summed E-state index contributed by atoms with van der Waals surface area (Å²) in [6, 6.07) is 5.62. The molecule has 2 aliphatic rings. The standard InChI is InChI=1S/C20H23N5O3S/c1-23-20(26)25-8-7-14(11-18(25)22-23)24-9-10-28-17-12-16(13-21-19(17)24)29(27)15-5-3-2-4-6-15/h7-8,11-13,15H,2-6,9-10H2,1H3. The maximum atomic E-state index is 13.0. The summed E-state index contributed by atoms with van der Waals surface area (Å²) >= 11 is 0. The Balaban J connectivity index is 1.48. The van der Waals surface area contributed by atoms with Crippen molar-refractivity contribution in [1.29, 1.82) is 0 Å². The van der Waals surface area contributed by atoms with Gasteiger partial charge in [0.2, 0.25) is 0 Å². The molecule has 29 heavy (non-hydrogen) atoms. The molecule has 3 aromatic heterocycles. The number of hydrogen-bond donors (Lipinski definition) is 0. The van der Waals surface area contributed by atoms with E-state index in [0.29, 0.717) is 30.4 Å². The van der Waals surface area contributed by atoms with E-state index < -0.39 is 10.8 Å². The molecular formula is C20H23N5O3S. The van der Waals surface area contributed by atoms with Gasteiger partial charge in [0.05, 0.1) is 22.2 Å². The van der Waals surface area contributed by atoms with E-state index in [1.807, 2.05) is 23.1 Å². The molecule has 1 saturated carbocycles. The number of ether oxygens (including phenoxy) is 1. The summed E-state index contributed by atoms with van der Waals surface area (Å²) in [4.78, 5) is 19.4. The lowest BCUT2D eigenvalue weighted by molar-refractivity contribution is 0.311. The fourth-order valence-electron chi connectivity index (χ4n) is 4.15. The molecule has 1 unspecified atom stereocenters. The Bertz CT molecular complexity index is 1150. The normalized spacial score (nSPS) is 18.4. The van der Waals surface area contributed by atoms with Crippen LogP contribution in [0.25, 0.3) is 5.65 Å². The molecule has 0 aromatic carbocycles. The van der Waals surface area contributed by atoms with Crippen LogP contribution in [-0.4, -0.2) is 41.8 Å². The smallest absolute Gasteiger partial charge is 0.350 e. The zero-order valence-electron chi connectivity index (χ0n) is 16.3. The number of rotatable bonds is 3. The van der Waals surface area contributed by atoms with Gasteiger partial charge in [0.1, 0.15) is 6.61 Å². The van der Waals surface area contributed by atoms with Crippen molar-refractivity contribution in [2.75, 3.05) is 18.1 Å². The van der Waals surface area contributed by atoms with E-state index in [9.17, 15) is 9.00 Å². The third-order valence-electron chi connectivity index (χ3n) is 5.69. The molecule has 8 nitrogen and oxygen atoms in total. The predicted octanol–water partition coefficient (Wildman–Crippen LogP) is 2.40. The second-order valence-electron chi connectivity index (χ2n) is 7.57. The van der Waals surface area contributed by atoms with E-state index >= 15 is 0 Å². The number of hydrogen-bond acceptors (Lipinski definition) is 6. The molecule has 1 aliphatic carbocycles. The van der Waals surface area contributed by atoms with Crippen LogP contribution in [0.15, 0.2) is 40.3 Å². The molecule has 1 fully saturated rings. The van der Waals surface area contributed by atoms with Crippen molar-refractivity contribution in [3.63, 3.8) is 0 Å². The number of anilines is 2. The molecule has 152 valence electrons. The minimum absolute atomic E-state index is 0.179. The number of aromatic nitrogens is 4. The Morgan fingerprint density at radius 2 is 2.03 bits per heavy atom. The average molecular weight is 414 g/mol. The Hall–Kier alpha value is -2.68. The van der Waals surface area contributed by atoms with Crippen molar-refractivity contribution >= 4 is 28.0 Å². The molecule has 1 aliphatic heterocycles. The molecule has 0 bridgehead atoms. The van der Waals surface area contributed by atoms with Gasteiger partial charge in [-0.2, -0.15) is 5.10 Å². The third kappa shape index (κ3) is 3.23. The number of aryl methyl sites for hydroxylation is 1. The van der Waals surface area contributed by atoms with Gasteiger partial charge in [-0.1, -0.05) is 19.3 Å². The van der Waals surface area contributed by atoms with Crippen LogP contribution in [0.5, 0.6) is 5.75 Å². The summed E-state index contributed by atoms with van der Waals surface area (Å²) in [5.41, 5.74) is 1.29. The Morgan fingerprint density at radius 3 is 2.86 bits per heavy atom. The lowest BCUT2D eigenvalue weighted by Gasteiger charge is -2.30. The van der Waals surface area contributed by atoms with Crippen molar-refractivity contribution in [1.82, 2.24) is 19.2 Å². The van der Waals surface area contributed by atoms with Crippen LogP contribution in [0.1, 0.15) is 32.1 Å². The maximum absolute atomic E-state index is 13.0. The maximum Gasteiger partial charge on any atom is 0.350 e. The molecule has 0 radical (unpaired) electrons. The Labute approximate surface area is 170 Å². The van der Waals surface area contributed by atoms with Crippen molar-refractivity contribution in [3.8, 4) is 5.75 Å². The van der Waals surface area contributed by atoms with Crippen LogP contribution in [0.4, 0.5) is 11.5 Å². The SMILES string of the molecule is Cn1nc2cc(N3CCOc4cc(S(=O)C5CCCCC5)cnc43)ccn2c1=O. The highest BCUT2D eigenvalue weighted by molar-refractivity contribution is 7.85. The predicted molar refractivity (Wildman–Crippen MR) is 110 cm³/mol. The fourth-order valence-corrected chi connectivity index (χ4v) is 5.68. The van der Waals surface area contributed by atoms with Gasteiger partial charge in [-0.25, -0.2) is 14.5 Å². The second kappa shape index (κ2) is 7.29. The summed E-state index contributed by atoms with van der Waals surface area (Å²) in [6.07, 6.45) is 9.01. The number of fused-ring (bicyclic) bond motifs is 2. The van der Waals surface area contributed by atoms with Gasteiger partial charge in [0.15, 0.2) is 17.2 Å². The van der Waals surface area contributed by atoms with Crippen LogP contribution in [0.2, 0.25) is 0 Å². The van der Waals surface area contributed by atoms with Gasteiger partial charge < -0.3 is 9.64 Å². The van der Waals surface area contributed by atoms with E-state index in [-0.39, 0.29) is 10.9 Å². The summed E-state index contributed by atoms with van der Waals surface area (Å²) in [6.45, 7) is 1.15. The van der Waals surface area contributed by atoms with Gasteiger partial charge in [-0.05, 0) is 18.9 Å². The zero-order chi connectivity index (χ0) is 20.0. The first-order chi connectivity index (χ1) is 14.1. The summed E-state index contributed by atoms with van der Waals surface area (Å²) in [5.74, 6) is 1.35. The third-order valence-corrected chi connectivity index (χ3v) is 7.45. The van der Waals surface area contributed by atoms with E-state index in [1.165, 1.54) is 15.5 Å². The van der Waals surface area contributed by atoms with Crippen molar-refractivity contribution in [2.24, 2.45) is 7.05 Å². The first-order valence-corrected chi connectivity index (χ1v) is 11.2. The first-order valence-electron chi connectivity index (χ1n) is 9.98. The van der Waals surface area contributed by atoms with Crippen LogP contribution in [0.3, 0.4) is 0 Å².